The molecular weight excluding hydrogens is 359 g/mol. The third-order valence-electron chi connectivity index (χ3n) is 5.48. The molecule has 0 radical (unpaired) electrons. The number of halogens is 1. The molecule has 8 heteroatoms. The van der Waals surface area contributed by atoms with Crippen LogP contribution in [0.5, 0.6) is 0 Å². The number of hydrogen-bond acceptors (Lipinski definition) is 5. The minimum atomic E-state index is -0.929. The number of carbonyl (C=O) groups excluding carboxylic acids is 1. The summed E-state index contributed by atoms with van der Waals surface area (Å²) in [5.74, 6) is 0.688. The van der Waals surface area contributed by atoms with Crippen molar-refractivity contribution in [1.82, 2.24) is 19.9 Å². The Kier molecular flexibility index (Phi) is 5.36. The summed E-state index contributed by atoms with van der Waals surface area (Å²) in [6.07, 6.45) is 8.62. The van der Waals surface area contributed by atoms with E-state index in [-0.39, 0.29) is 18.6 Å². The number of nitrogens with zero attached hydrogens (tertiary/aromatic N) is 5. The zero-order valence-corrected chi connectivity index (χ0v) is 16.0. The lowest BCUT2D eigenvalue weighted by Gasteiger charge is -2.29. The first kappa shape index (κ1) is 18.6. The summed E-state index contributed by atoms with van der Waals surface area (Å²) in [5, 5.41) is 2.92. The molecule has 3 heterocycles. The Morgan fingerprint density at radius 2 is 2.21 bits per heavy atom. The summed E-state index contributed by atoms with van der Waals surface area (Å²) >= 11 is 0. The number of pyridine rings is 1. The molecule has 0 aromatic carbocycles. The molecule has 1 saturated heterocycles. The summed E-state index contributed by atoms with van der Waals surface area (Å²) < 4.78 is 14.1. The van der Waals surface area contributed by atoms with Crippen LogP contribution in [0.3, 0.4) is 0 Å². The number of carbonyl (C=O) groups is 1. The molecule has 0 spiro atoms. The molecule has 2 amide bonds. The molecule has 2 aliphatic rings. The third kappa shape index (κ3) is 4.05. The fraction of sp³-hybridized carbons (Fsp3) is 0.500. The van der Waals surface area contributed by atoms with Crippen molar-refractivity contribution >= 4 is 17.5 Å². The van der Waals surface area contributed by atoms with Crippen LogP contribution in [0.2, 0.25) is 0 Å². The number of likely N-dealkylation sites (N-methyl/N-ethyl adjacent to an activating group) is 1. The van der Waals surface area contributed by atoms with Gasteiger partial charge in [-0.2, -0.15) is 0 Å². The van der Waals surface area contributed by atoms with Crippen molar-refractivity contribution in [2.24, 2.45) is 0 Å². The van der Waals surface area contributed by atoms with Gasteiger partial charge >= 0.3 is 6.03 Å². The lowest BCUT2D eigenvalue weighted by atomic mass is 9.96. The number of fused-ring (bicyclic) bond motifs is 1. The monoisotopic (exact) mass is 384 g/mol. The van der Waals surface area contributed by atoms with Crippen molar-refractivity contribution in [3.63, 3.8) is 0 Å². The zero-order chi connectivity index (χ0) is 19.5. The van der Waals surface area contributed by atoms with Crippen LogP contribution in [-0.2, 0) is 12.8 Å². The van der Waals surface area contributed by atoms with E-state index in [1.165, 1.54) is 18.3 Å². The first-order valence-electron chi connectivity index (χ1n) is 9.77. The van der Waals surface area contributed by atoms with Gasteiger partial charge in [0, 0.05) is 31.9 Å². The van der Waals surface area contributed by atoms with Crippen LogP contribution in [0.1, 0.15) is 30.5 Å². The van der Waals surface area contributed by atoms with Crippen LogP contribution in [0.25, 0.3) is 0 Å². The molecule has 0 saturated carbocycles. The summed E-state index contributed by atoms with van der Waals surface area (Å²) in [6.45, 7) is 0.695. The molecule has 1 aliphatic heterocycles. The van der Waals surface area contributed by atoms with Crippen molar-refractivity contribution < 1.29 is 9.18 Å². The van der Waals surface area contributed by atoms with Gasteiger partial charge in [-0.1, -0.05) is 0 Å². The number of amides is 2. The van der Waals surface area contributed by atoms with E-state index >= 15 is 0 Å². The molecule has 1 fully saturated rings. The molecule has 0 unspecified atom stereocenters. The fourth-order valence-electron chi connectivity index (χ4n) is 4.04. The predicted octanol–water partition coefficient (Wildman–Crippen LogP) is 2.83. The Bertz CT molecular complexity index is 833. The third-order valence-corrected chi connectivity index (χ3v) is 5.48. The van der Waals surface area contributed by atoms with Crippen LogP contribution in [0, 0.1) is 0 Å². The SMILES string of the molecule is CN(C[C@@H]1C[C@H](F)CN1c1ccncn1)C(=O)Nc1cnc2c(c1)CCCC2. The van der Waals surface area contributed by atoms with Crippen LogP contribution in [0.4, 0.5) is 20.7 Å². The van der Waals surface area contributed by atoms with Crippen LogP contribution >= 0.6 is 0 Å². The van der Waals surface area contributed by atoms with E-state index in [1.807, 2.05) is 11.0 Å². The number of aromatic nitrogens is 3. The van der Waals surface area contributed by atoms with Gasteiger partial charge < -0.3 is 15.1 Å². The number of alkyl halides is 1. The number of hydrogen-bond donors (Lipinski definition) is 1. The van der Waals surface area contributed by atoms with Crippen molar-refractivity contribution in [3.8, 4) is 0 Å². The molecule has 2 atom stereocenters. The van der Waals surface area contributed by atoms with Crippen molar-refractivity contribution in [2.45, 2.75) is 44.3 Å². The smallest absolute Gasteiger partial charge is 0.321 e. The molecule has 1 aliphatic carbocycles. The maximum Gasteiger partial charge on any atom is 0.321 e. The highest BCUT2D eigenvalue weighted by atomic mass is 19.1. The molecule has 148 valence electrons. The largest absolute Gasteiger partial charge is 0.349 e. The van der Waals surface area contributed by atoms with Gasteiger partial charge in [-0.25, -0.2) is 19.2 Å². The maximum absolute atomic E-state index is 14.1. The Morgan fingerprint density at radius 1 is 1.36 bits per heavy atom. The van der Waals surface area contributed by atoms with E-state index in [1.54, 1.807) is 30.4 Å². The molecule has 2 aromatic rings. The van der Waals surface area contributed by atoms with Gasteiger partial charge in [0.15, 0.2) is 0 Å². The lowest BCUT2D eigenvalue weighted by Crippen LogP contribution is -2.43. The van der Waals surface area contributed by atoms with E-state index in [9.17, 15) is 9.18 Å². The molecule has 4 rings (SSSR count). The van der Waals surface area contributed by atoms with Crippen molar-refractivity contribution in [3.05, 3.63) is 42.1 Å². The van der Waals surface area contributed by atoms with E-state index in [2.05, 4.69) is 20.3 Å². The summed E-state index contributed by atoms with van der Waals surface area (Å²) in [7, 11) is 1.73. The molecule has 1 N–H and O–H groups in total. The predicted molar refractivity (Wildman–Crippen MR) is 105 cm³/mol. The molecular formula is C20H25FN6O. The van der Waals surface area contributed by atoms with E-state index in [0.29, 0.717) is 24.5 Å². The summed E-state index contributed by atoms with van der Waals surface area (Å²) in [6, 6.07) is 3.45. The normalized spacial score (nSPS) is 21.3. The number of nitrogens with one attached hydrogen (secondary N) is 1. The van der Waals surface area contributed by atoms with Crippen LogP contribution in [-0.4, -0.2) is 58.2 Å². The van der Waals surface area contributed by atoms with Crippen LogP contribution < -0.4 is 10.2 Å². The Labute approximate surface area is 164 Å². The van der Waals surface area contributed by atoms with Gasteiger partial charge in [0.1, 0.15) is 18.3 Å². The standard InChI is InChI=1S/C20H25FN6O/c1-26(12-17-9-15(21)11-27(17)19-6-7-22-13-24-19)20(28)25-16-8-14-4-2-3-5-18(14)23-10-16/h6-8,10,13,15,17H,2-5,9,11-12H2,1H3,(H,25,28)/t15-,17-/m0/s1. The van der Waals surface area contributed by atoms with Crippen molar-refractivity contribution in [2.75, 3.05) is 30.4 Å². The van der Waals surface area contributed by atoms with E-state index < -0.39 is 6.17 Å². The van der Waals surface area contributed by atoms with Gasteiger partial charge in [0.25, 0.3) is 0 Å². The lowest BCUT2D eigenvalue weighted by molar-refractivity contribution is 0.218. The molecule has 0 bridgehead atoms. The first-order valence-corrected chi connectivity index (χ1v) is 9.77. The summed E-state index contributed by atoms with van der Waals surface area (Å²) in [4.78, 5) is 28.8. The van der Waals surface area contributed by atoms with Crippen LogP contribution in [0.15, 0.2) is 30.9 Å². The highest BCUT2D eigenvalue weighted by Gasteiger charge is 2.34. The topological polar surface area (TPSA) is 74.2 Å². The second-order valence-corrected chi connectivity index (χ2v) is 7.55. The quantitative estimate of drug-likeness (QED) is 0.877. The number of anilines is 2. The second-order valence-electron chi connectivity index (χ2n) is 7.55. The van der Waals surface area contributed by atoms with Gasteiger partial charge in [-0.3, -0.25) is 4.98 Å². The van der Waals surface area contributed by atoms with Gasteiger partial charge in [-0.15, -0.1) is 0 Å². The number of rotatable bonds is 4. The highest BCUT2D eigenvalue weighted by molar-refractivity contribution is 5.89. The first-order chi connectivity index (χ1) is 13.6. The molecule has 2 aromatic heterocycles. The second kappa shape index (κ2) is 8.08. The van der Waals surface area contributed by atoms with Gasteiger partial charge in [0.05, 0.1) is 24.5 Å². The van der Waals surface area contributed by atoms with E-state index in [4.69, 9.17) is 0 Å². The Balaban J connectivity index is 1.40. The average molecular weight is 384 g/mol. The molecule has 28 heavy (non-hydrogen) atoms. The zero-order valence-electron chi connectivity index (χ0n) is 16.0. The minimum Gasteiger partial charge on any atom is -0.349 e. The molecule has 7 nitrogen and oxygen atoms in total. The summed E-state index contributed by atoms with van der Waals surface area (Å²) in [5.41, 5.74) is 3.07. The van der Waals surface area contributed by atoms with Gasteiger partial charge in [-0.05, 0) is 43.4 Å². The Morgan fingerprint density at radius 3 is 3.04 bits per heavy atom. The van der Waals surface area contributed by atoms with Gasteiger partial charge in [0.2, 0.25) is 0 Å². The highest BCUT2D eigenvalue weighted by Crippen LogP contribution is 2.26. The Hall–Kier alpha value is -2.77. The van der Waals surface area contributed by atoms with E-state index in [0.717, 1.165) is 25.0 Å². The van der Waals surface area contributed by atoms with Crippen molar-refractivity contribution in [1.29, 1.82) is 0 Å². The number of aryl methyl sites for hydroxylation is 2. The number of urea groups is 1. The fourth-order valence-corrected chi connectivity index (χ4v) is 4.04. The maximum atomic E-state index is 14.1. The minimum absolute atomic E-state index is 0.123. The average Bonchev–Trinajstić information content (AvgIpc) is 3.08.